The lowest BCUT2D eigenvalue weighted by Gasteiger charge is -2.32. The number of alkyl halides is 1. The van der Waals surface area contributed by atoms with E-state index in [-0.39, 0.29) is 6.10 Å². The van der Waals surface area contributed by atoms with E-state index in [1.807, 2.05) is 0 Å². The van der Waals surface area contributed by atoms with Crippen molar-refractivity contribution in [1.29, 1.82) is 0 Å². The fourth-order valence-electron chi connectivity index (χ4n) is 2.43. The van der Waals surface area contributed by atoms with Gasteiger partial charge in [0.05, 0.1) is 6.10 Å². The zero-order valence-electron chi connectivity index (χ0n) is 10.0. The average Bonchev–Trinajstić information content (AvgIpc) is 2.33. The molecule has 0 aliphatic carbocycles. The first kappa shape index (κ1) is 11.9. The van der Waals surface area contributed by atoms with Crippen LogP contribution in [0.15, 0.2) is 18.2 Å². The minimum atomic E-state index is 0.200. The lowest BCUT2D eigenvalue weighted by atomic mass is 9.88. The van der Waals surface area contributed by atoms with E-state index in [4.69, 9.17) is 16.3 Å². The Balaban J connectivity index is 2.30. The van der Waals surface area contributed by atoms with E-state index >= 15 is 0 Å². The smallest absolute Gasteiger partial charge is 0.0867 e. The summed E-state index contributed by atoms with van der Waals surface area (Å²) in [5.74, 6) is 1.16. The minimum Gasteiger partial charge on any atom is -0.373 e. The van der Waals surface area contributed by atoms with Crippen LogP contribution in [0.5, 0.6) is 0 Å². The Hall–Kier alpha value is -0.530. The Kier molecular flexibility index (Phi) is 3.88. The second kappa shape index (κ2) is 5.20. The Morgan fingerprint density at radius 3 is 2.94 bits per heavy atom. The highest BCUT2D eigenvalue weighted by Gasteiger charge is 2.27. The van der Waals surface area contributed by atoms with Gasteiger partial charge in [0.15, 0.2) is 0 Å². The zero-order valence-corrected chi connectivity index (χ0v) is 10.8. The van der Waals surface area contributed by atoms with Crippen LogP contribution < -0.4 is 0 Å². The predicted octanol–water partition coefficient (Wildman–Crippen LogP) is 4.01. The second-order valence-corrected chi connectivity index (χ2v) is 4.95. The summed E-state index contributed by atoms with van der Waals surface area (Å²) in [5.41, 5.74) is 4.01. The van der Waals surface area contributed by atoms with Crippen LogP contribution in [0.4, 0.5) is 0 Å². The highest BCUT2D eigenvalue weighted by Crippen LogP contribution is 2.36. The maximum Gasteiger partial charge on any atom is 0.0867 e. The monoisotopic (exact) mass is 238 g/mol. The Bertz CT molecular complexity index is 362. The second-order valence-electron chi connectivity index (χ2n) is 4.64. The number of hydrogen-bond donors (Lipinski definition) is 0. The van der Waals surface area contributed by atoms with Gasteiger partial charge in [-0.15, -0.1) is 11.6 Å². The number of ether oxygens (including phenoxy) is 1. The lowest BCUT2D eigenvalue weighted by Crippen LogP contribution is -2.24. The number of halogens is 1. The average molecular weight is 239 g/mol. The first-order valence-corrected chi connectivity index (χ1v) is 6.51. The maximum atomic E-state index is 6.04. The molecule has 1 nitrogen and oxygen atoms in total. The van der Waals surface area contributed by atoms with E-state index in [1.54, 1.807) is 0 Å². The molecule has 2 rings (SSSR count). The van der Waals surface area contributed by atoms with Crippen LogP contribution >= 0.6 is 11.6 Å². The van der Waals surface area contributed by atoms with Crippen molar-refractivity contribution in [3.63, 3.8) is 0 Å². The third-order valence-corrected chi connectivity index (χ3v) is 3.99. The Labute approximate surface area is 103 Å². The zero-order chi connectivity index (χ0) is 11.5. The fourth-order valence-corrected chi connectivity index (χ4v) is 2.74. The highest BCUT2D eigenvalue weighted by atomic mass is 35.5. The number of hydrogen-bond acceptors (Lipinski definition) is 1. The van der Waals surface area contributed by atoms with Crippen molar-refractivity contribution in [3.8, 4) is 0 Å². The van der Waals surface area contributed by atoms with Gasteiger partial charge in [-0.2, -0.15) is 0 Å². The molecule has 0 saturated carbocycles. The molecule has 0 bridgehead atoms. The molecule has 2 heteroatoms. The maximum absolute atomic E-state index is 6.04. The van der Waals surface area contributed by atoms with Gasteiger partial charge < -0.3 is 4.74 Å². The molecule has 0 radical (unpaired) electrons. The van der Waals surface area contributed by atoms with Crippen molar-refractivity contribution in [3.05, 3.63) is 34.9 Å². The summed E-state index contributed by atoms with van der Waals surface area (Å²) >= 11 is 6.04. The molecule has 0 amide bonds. The van der Waals surface area contributed by atoms with Crippen LogP contribution in [0, 0.1) is 19.8 Å². The molecule has 2 unspecified atom stereocenters. The highest BCUT2D eigenvalue weighted by molar-refractivity contribution is 6.18. The fraction of sp³-hybridized carbons (Fsp3) is 0.571. The molecule has 88 valence electrons. The third kappa shape index (κ3) is 2.26. The largest absolute Gasteiger partial charge is 0.373 e. The Morgan fingerprint density at radius 1 is 1.38 bits per heavy atom. The van der Waals surface area contributed by atoms with E-state index in [2.05, 4.69) is 32.0 Å². The molecule has 16 heavy (non-hydrogen) atoms. The summed E-state index contributed by atoms with van der Waals surface area (Å²) in [4.78, 5) is 0. The third-order valence-electron chi connectivity index (χ3n) is 3.60. The normalized spacial score (nSPS) is 25.7. The molecular weight excluding hydrogens is 220 g/mol. The standard InChI is InChI=1S/C14H19ClO/c1-10-5-3-7-13(11(10)2)14-12(9-15)6-4-8-16-14/h3,5,7,12,14H,4,6,8-9H2,1-2H3. The van der Waals surface area contributed by atoms with Crippen LogP contribution in [0.2, 0.25) is 0 Å². The van der Waals surface area contributed by atoms with E-state index in [9.17, 15) is 0 Å². The molecule has 1 aromatic carbocycles. The molecule has 0 spiro atoms. The molecule has 1 aliphatic heterocycles. The van der Waals surface area contributed by atoms with Crippen molar-refractivity contribution in [2.45, 2.75) is 32.8 Å². The first-order valence-electron chi connectivity index (χ1n) is 5.97. The summed E-state index contributed by atoms with van der Waals surface area (Å²) in [6.07, 6.45) is 2.52. The van der Waals surface area contributed by atoms with Crippen LogP contribution in [-0.4, -0.2) is 12.5 Å². The van der Waals surface area contributed by atoms with Crippen LogP contribution in [0.25, 0.3) is 0 Å². The van der Waals surface area contributed by atoms with Gasteiger partial charge in [-0.3, -0.25) is 0 Å². The van der Waals surface area contributed by atoms with E-state index < -0.39 is 0 Å². The summed E-state index contributed by atoms with van der Waals surface area (Å²) in [6.45, 7) is 5.19. The Morgan fingerprint density at radius 2 is 2.19 bits per heavy atom. The topological polar surface area (TPSA) is 9.23 Å². The van der Waals surface area contributed by atoms with Crippen LogP contribution in [0.3, 0.4) is 0 Å². The first-order chi connectivity index (χ1) is 7.74. The summed E-state index contributed by atoms with van der Waals surface area (Å²) in [5, 5.41) is 0. The van der Waals surface area contributed by atoms with Gasteiger partial charge in [-0.25, -0.2) is 0 Å². The van der Waals surface area contributed by atoms with Gasteiger partial charge in [0.2, 0.25) is 0 Å². The van der Waals surface area contributed by atoms with Crippen molar-refractivity contribution >= 4 is 11.6 Å². The summed E-state index contributed by atoms with van der Waals surface area (Å²) in [6, 6.07) is 6.44. The van der Waals surface area contributed by atoms with Crippen LogP contribution in [0.1, 0.15) is 35.6 Å². The van der Waals surface area contributed by atoms with Gasteiger partial charge >= 0.3 is 0 Å². The number of benzene rings is 1. The van der Waals surface area contributed by atoms with Gasteiger partial charge in [0.25, 0.3) is 0 Å². The minimum absolute atomic E-state index is 0.200. The molecule has 1 saturated heterocycles. The lowest BCUT2D eigenvalue weighted by molar-refractivity contribution is -0.0211. The van der Waals surface area contributed by atoms with Crippen LogP contribution in [-0.2, 0) is 4.74 Å². The molecular formula is C14H19ClO. The van der Waals surface area contributed by atoms with E-state index in [1.165, 1.54) is 23.1 Å². The van der Waals surface area contributed by atoms with Gasteiger partial charge in [0, 0.05) is 18.4 Å². The van der Waals surface area contributed by atoms with Gasteiger partial charge in [-0.05, 0) is 43.4 Å². The predicted molar refractivity (Wildman–Crippen MR) is 68.1 cm³/mol. The molecule has 2 atom stereocenters. The molecule has 0 aromatic heterocycles. The van der Waals surface area contributed by atoms with E-state index in [0.29, 0.717) is 11.8 Å². The molecule has 1 aliphatic rings. The van der Waals surface area contributed by atoms with Gasteiger partial charge in [0.1, 0.15) is 0 Å². The summed E-state index contributed by atoms with van der Waals surface area (Å²) in [7, 11) is 0. The van der Waals surface area contributed by atoms with Gasteiger partial charge in [-0.1, -0.05) is 18.2 Å². The van der Waals surface area contributed by atoms with Crippen molar-refractivity contribution in [2.24, 2.45) is 5.92 Å². The van der Waals surface area contributed by atoms with Crippen molar-refractivity contribution < 1.29 is 4.74 Å². The number of aryl methyl sites for hydroxylation is 1. The van der Waals surface area contributed by atoms with Crippen molar-refractivity contribution in [2.75, 3.05) is 12.5 Å². The molecule has 1 aromatic rings. The summed E-state index contributed by atoms with van der Waals surface area (Å²) < 4.78 is 5.92. The number of rotatable bonds is 2. The molecule has 1 fully saturated rings. The molecule has 0 N–H and O–H groups in total. The SMILES string of the molecule is Cc1cccc(C2OCCCC2CCl)c1C. The van der Waals surface area contributed by atoms with E-state index in [0.717, 1.165) is 13.0 Å². The van der Waals surface area contributed by atoms with Crippen molar-refractivity contribution in [1.82, 2.24) is 0 Å². The molecule has 1 heterocycles. The quantitative estimate of drug-likeness (QED) is 0.708.